The molecule has 168 valence electrons. The number of ether oxygens (including phenoxy) is 3. The Hall–Kier alpha value is -1.87. The lowest BCUT2D eigenvalue weighted by molar-refractivity contribution is -0.0387. The highest BCUT2D eigenvalue weighted by molar-refractivity contribution is 6.37. The fourth-order valence-electron chi connectivity index (χ4n) is 4.75. The summed E-state index contributed by atoms with van der Waals surface area (Å²) in [5, 5.41) is 21.3. The number of aromatic amines is 1. The van der Waals surface area contributed by atoms with E-state index in [9.17, 15) is 10.2 Å². The fraction of sp³-hybridized carbons (Fsp3) is 0.435. The molecule has 3 fully saturated rings. The topological polar surface area (TPSA) is 96.8 Å². The van der Waals surface area contributed by atoms with Crippen molar-refractivity contribution in [1.29, 1.82) is 0 Å². The van der Waals surface area contributed by atoms with Gasteiger partial charge in [-0.2, -0.15) is 0 Å². The van der Waals surface area contributed by atoms with Crippen LogP contribution in [0.25, 0.3) is 22.3 Å². The Balaban J connectivity index is 1.30. The summed E-state index contributed by atoms with van der Waals surface area (Å²) < 4.78 is 17.3. The van der Waals surface area contributed by atoms with Gasteiger partial charge in [0.05, 0.1) is 35.0 Å². The van der Waals surface area contributed by atoms with Crippen molar-refractivity contribution < 1.29 is 24.4 Å². The molecule has 4 heterocycles. The number of nitrogens with zero attached hydrogens (tertiary/aromatic N) is 1. The lowest BCUT2D eigenvalue weighted by Gasteiger charge is -2.37. The standard InChI is InChI=1S/C23H22Cl2N2O5/c24-13-8-14-19(27-18(13)11-2-4-12(5-3-11)23(29)6-1-7-23)17(25)22(26-14)32-16-10-31-20-15(28)9-30-21(16)20/h2-5,8,15-16,20-21,26,28-29H,1,6-7,9-10H2/t15-,16-,20-,21-/m1/s1. The SMILES string of the molecule is O[C@@H]1CO[C@H]2[C@@H]1OC[C@H]2Oc1[nH]c2cc(Cl)c(-c3ccc(C4(O)CCC4)cc3)nc2c1Cl. The monoisotopic (exact) mass is 476 g/mol. The Morgan fingerprint density at radius 2 is 1.84 bits per heavy atom. The molecule has 0 radical (unpaired) electrons. The number of aliphatic hydroxyl groups is 2. The second kappa shape index (κ2) is 7.58. The smallest absolute Gasteiger partial charge is 0.213 e. The van der Waals surface area contributed by atoms with Gasteiger partial charge in [-0.15, -0.1) is 0 Å². The molecule has 0 spiro atoms. The maximum absolute atomic E-state index is 10.6. The molecule has 4 atom stereocenters. The maximum atomic E-state index is 10.6. The zero-order valence-electron chi connectivity index (χ0n) is 17.1. The van der Waals surface area contributed by atoms with Gasteiger partial charge < -0.3 is 29.4 Å². The van der Waals surface area contributed by atoms with E-state index < -0.39 is 11.7 Å². The summed E-state index contributed by atoms with van der Waals surface area (Å²) >= 11 is 13.1. The van der Waals surface area contributed by atoms with E-state index in [1.165, 1.54) is 0 Å². The van der Waals surface area contributed by atoms with Gasteiger partial charge in [-0.3, -0.25) is 0 Å². The number of rotatable bonds is 4. The normalized spacial score (nSPS) is 28.6. The second-order valence-corrected chi connectivity index (χ2v) is 9.55. The second-order valence-electron chi connectivity index (χ2n) is 8.77. The summed E-state index contributed by atoms with van der Waals surface area (Å²) in [4.78, 5) is 7.84. The van der Waals surface area contributed by atoms with E-state index in [1.54, 1.807) is 6.07 Å². The first-order valence-corrected chi connectivity index (χ1v) is 11.5. The summed E-state index contributed by atoms with van der Waals surface area (Å²) in [5.74, 6) is 0.365. The Bertz CT molecular complexity index is 1180. The van der Waals surface area contributed by atoms with Crippen LogP contribution in [0.1, 0.15) is 24.8 Å². The lowest BCUT2D eigenvalue weighted by atomic mass is 9.75. The van der Waals surface area contributed by atoms with Crippen LogP contribution in [-0.4, -0.2) is 57.8 Å². The molecule has 1 aliphatic carbocycles. The van der Waals surface area contributed by atoms with Crippen molar-refractivity contribution in [2.24, 2.45) is 0 Å². The molecular weight excluding hydrogens is 455 g/mol. The van der Waals surface area contributed by atoms with Crippen LogP contribution < -0.4 is 4.74 Å². The van der Waals surface area contributed by atoms with E-state index in [4.69, 9.17) is 42.4 Å². The number of benzene rings is 1. The average molecular weight is 477 g/mol. The highest BCUT2D eigenvalue weighted by Gasteiger charge is 2.48. The zero-order chi connectivity index (χ0) is 22.0. The Kier molecular flexibility index (Phi) is 4.91. The fourth-order valence-corrected chi connectivity index (χ4v) is 5.25. The van der Waals surface area contributed by atoms with Gasteiger partial charge in [0.25, 0.3) is 0 Å². The molecule has 9 heteroatoms. The highest BCUT2D eigenvalue weighted by atomic mass is 35.5. The minimum absolute atomic E-state index is 0.229. The van der Waals surface area contributed by atoms with Crippen molar-refractivity contribution in [2.75, 3.05) is 13.2 Å². The van der Waals surface area contributed by atoms with Crippen molar-refractivity contribution in [1.82, 2.24) is 9.97 Å². The molecule has 1 saturated carbocycles. The van der Waals surface area contributed by atoms with Gasteiger partial charge in [0, 0.05) is 5.56 Å². The molecule has 2 aromatic heterocycles. The molecule has 32 heavy (non-hydrogen) atoms. The minimum Gasteiger partial charge on any atom is -0.469 e. The van der Waals surface area contributed by atoms with E-state index in [1.807, 2.05) is 24.3 Å². The average Bonchev–Trinajstić information content (AvgIpc) is 3.42. The van der Waals surface area contributed by atoms with Crippen LogP contribution in [0.15, 0.2) is 30.3 Å². The summed E-state index contributed by atoms with van der Waals surface area (Å²) in [6.45, 7) is 0.530. The number of nitrogens with one attached hydrogen (secondary N) is 1. The number of H-pyrrole nitrogens is 1. The molecular formula is C23H22Cl2N2O5. The molecule has 3 aliphatic rings. The van der Waals surface area contributed by atoms with E-state index in [0.29, 0.717) is 39.3 Å². The van der Waals surface area contributed by atoms with Crippen molar-refractivity contribution >= 4 is 34.2 Å². The van der Waals surface area contributed by atoms with Crippen LogP contribution in [0, 0.1) is 0 Å². The first-order chi connectivity index (χ1) is 15.4. The van der Waals surface area contributed by atoms with Crippen LogP contribution in [0.4, 0.5) is 0 Å². The van der Waals surface area contributed by atoms with Gasteiger partial charge in [0.2, 0.25) is 5.88 Å². The number of halogens is 2. The van der Waals surface area contributed by atoms with E-state index in [2.05, 4.69) is 4.98 Å². The minimum atomic E-state index is -0.710. The number of hydrogen-bond acceptors (Lipinski definition) is 6. The summed E-state index contributed by atoms with van der Waals surface area (Å²) in [6, 6.07) is 9.47. The Labute approximate surface area is 194 Å². The molecule has 0 amide bonds. The molecule has 7 nitrogen and oxygen atoms in total. The maximum Gasteiger partial charge on any atom is 0.213 e. The number of fused-ring (bicyclic) bond motifs is 2. The summed E-state index contributed by atoms with van der Waals surface area (Å²) in [5.41, 5.74) is 2.84. The Morgan fingerprint density at radius 3 is 2.56 bits per heavy atom. The molecule has 2 saturated heterocycles. The highest BCUT2D eigenvalue weighted by Crippen LogP contribution is 2.42. The van der Waals surface area contributed by atoms with Gasteiger partial charge in [-0.05, 0) is 30.9 Å². The van der Waals surface area contributed by atoms with Crippen molar-refractivity contribution in [3.63, 3.8) is 0 Å². The first-order valence-electron chi connectivity index (χ1n) is 10.7. The van der Waals surface area contributed by atoms with Crippen LogP contribution in [0.2, 0.25) is 10.0 Å². The third-order valence-electron chi connectivity index (χ3n) is 6.76. The van der Waals surface area contributed by atoms with Crippen LogP contribution in [-0.2, 0) is 15.1 Å². The van der Waals surface area contributed by atoms with E-state index in [-0.39, 0.29) is 24.9 Å². The summed E-state index contributed by atoms with van der Waals surface area (Å²) in [7, 11) is 0. The van der Waals surface area contributed by atoms with Crippen LogP contribution in [0.3, 0.4) is 0 Å². The molecule has 6 rings (SSSR count). The number of pyridine rings is 1. The van der Waals surface area contributed by atoms with Gasteiger partial charge in [-0.1, -0.05) is 47.5 Å². The third-order valence-corrected chi connectivity index (χ3v) is 7.40. The van der Waals surface area contributed by atoms with E-state index in [0.717, 1.165) is 30.4 Å². The van der Waals surface area contributed by atoms with Crippen molar-refractivity contribution in [3.8, 4) is 17.1 Å². The molecule has 0 unspecified atom stereocenters. The molecule has 2 aliphatic heterocycles. The van der Waals surface area contributed by atoms with Gasteiger partial charge in [0.1, 0.15) is 28.9 Å². The van der Waals surface area contributed by atoms with Gasteiger partial charge in [0.15, 0.2) is 6.10 Å². The van der Waals surface area contributed by atoms with Crippen molar-refractivity contribution in [2.45, 2.75) is 49.3 Å². The number of hydrogen-bond donors (Lipinski definition) is 3. The van der Waals surface area contributed by atoms with E-state index >= 15 is 0 Å². The third kappa shape index (κ3) is 3.22. The molecule has 1 aromatic carbocycles. The van der Waals surface area contributed by atoms with Crippen LogP contribution in [0.5, 0.6) is 5.88 Å². The first kappa shape index (κ1) is 20.7. The molecule has 0 bridgehead atoms. The molecule has 3 N–H and O–H groups in total. The zero-order valence-corrected chi connectivity index (χ0v) is 18.6. The quantitative estimate of drug-likeness (QED) is 0.529. The van der Waals surface area contributed by atoms with Crippen molar-refractivity contribution in [3.05, 3.63) is 45.9 Å². The molecule has 3 aromatic rings. The number of aliphatic hydroxyl groups excluding tert-OH is 1. The lowest BCUT2D eigenvalue weighted by Crippen LogP contribution is -2.34. The van der Waals surface area contributed by atoms with Gasteiger partial charge in [-0.25, -0.2) is 4.98 Å². The van der Waals surface area contributed by atoms with Crippen LogP contribution >= 0.6 is 23.2 Å². The largest absolute Gasteiger partial charge is 0.469 e. The summed E-state index contributed by atoms with van der Waals surface area (Å²) in [6.07, 6.45) is 0.855. The predicted octanol–water partition coefficient (Wildman–Crippen LogP) is 3.81. The predicted molar refractivity (Wildman–Crippen MR) is 119 cm³/mol. The Morgan fingerprint density at radius 1 is 1.09 bits per heavy atom. The number of aromatic nitrogens is 2. The van der Waals surface area contributed by atoms with Gasteiger partial charge >= 0.3 is 0 Å².